The number of ether oxygens (including phenoxy) is 1. The van der Waals surface area contributed by atoms with Gasteiger partial charge >= 0.3 is 0 Å². The zero-order valence-corrected chi connectivity index (χ0v) is 8.18. The van der Waals surface area contributed by atoms with Gasteiger partial charge in [0, 0.05) is 6.07 Å². The average Bonchev–Trinajstić information content (AvgIpc) is 2.19. The highest BCUT2D eigenvalue weighted by Crippen LogP contribution is 2.23. The second-order valence-corrected chi connectivity index (χ2v) is 2.60. The molecule has 1 rings (SSSR count). The molecule has 0 aromatic heterocycles. The van der Waals surface area contributed by atoms with Crippen LogP contribution in [0.25, 0.3) is 0 Å². The maximum absolute atomic E-state index is 13.0. The molecule has 0 fully saturated rings. The molecule has 0 radical (unpaired) electrons. The topological polar surface area (TPSA) is 21.6 Å². The molecule has 1 aromatic rings. The zero-order chi connectivity index (χ0) is 10.4. The molecule has 0 bridgehead atoms. The predicted octanol–water partition coefficient (Wildman–Crippen LogP) is 3.12. The number of nitrogens with zero attached hydrogens (tertiary/aromatic N) is 1. The third-order valence-electron chi connectivity index (χ3n) is 1.45. The van der Waals surface area contributed by atoms with Crippen molar-refractivity contribution in [1.82, 2.24) is 0 Å². The molecule has 0 aliphatic rings. The van der Waals surface area contributed by atoms with Gasteiger partial charge in [0.1, 0.15) is 23.9 Å². The Balaban J connectivity index is 2.93. The summed E-state index contributed by atoms with van der Waals surface area (Å²) in [6.45, 7) is 3.87. The maximum Gasteiger partial charge on any atom is 0.149 e. The van der Waals surface area contributed by atoms with Gasteiger partial charge in [0.25, 0.3) is 0 Å². The first kappa shape index (κ1) is 10.6. The van der Waals surface area contributed by atoms with Crippen LogP contribution in [0.2, 0.25) is 0 Å². The number of benzene rings is 1. The molecule has 0 N–H and O–H groups in total. The number of rotatable bonds is 4. The molecule has 4 heteroatoms. The SMILES string of the molecule is C=CCOc1ccc(F)c(N=C=S)c1. The van der Waals surface area contributed by atoms with Gasteiger partial charge in [-0.25, -0.2) is 4.39 Å². The van der Waals surface area contributed by atoms with E-state index in [1.807, 2.05) is 0 Å². The van der Waals surface area contributed by atoms with Crippen molar-refractivity contribution in [3.05, 3.63) is 36.7 Å². The minimum atomic E-state index is -0.451. The first-order valence-electron chi connectivity index (χ1n) is 3.89. The first-order chi connectivity index (χ1) is 6.77. The minimum Gasteiger partial charge on any atom is -0.489 e. The quantitative estimate of drug-likeness (QED) is 0.431. The maximum atomic E-state index is 13.0. The molecule has 1 aromatic carbocycles. The Hall–Kier alpha value is -1.51. The van der Waals surface area contributed by atoms with Crippen LogP contribution in [0.1, 0.15) is 0 Å². The molecule has 0 aliphatic carbocycles. The summed E-state index contributed by atoms with van der Waals surface area (Å²) in [5.41, 5.74) is 0.126. The second-order valence-electron chi connectivity index (χ2n) is 2.42. The van der Waals surface area contributed by atoms with Gasteiger partial charge in [-0.05, 0) is 24.4 Å². The molecule has 14 heavy (non-hydrogen) atoms. The first-order valence-corrected chi connectivity index (χ1v) is 4.30. The second kappa shape index (κ2) is 5.27. The van der Waals surface area contributed by atoms with E-state index < -0.39 is 5.82 Å². The van der Waals surface area contributed by atoms with Crippen molar-refractivity contribution in [2.75, 3.05) is 6.61 Å². The van der Waals surface area contributed by atoms with Crippen LogP contribution in [0.5, 0.6) is 5.75 Å². The molecule has 0 aliphatic heterocycles. The summed E-state index contributed by atoms with van der Waals surface area (Å²) in [6, 6.07) is 4.24. The fourth-order valence-electron chi connectivity index (χ4n) is 0.872. The Bertz CT molecular complexity index is 386. The smallest absolute Gasteiger partial charge is 0.149 e. The van der Waals surface area contributed by atoms with Gasteiger partial charge in [-0.15, -0.1) is 0 Å². The van der Waals surface area contributed by atoms with Crippen LogP contribution in [-0.2, 0) is 0 Å². The number of hydrogen-bond donors (Lipinski definition) is 0. The van der Waals surface area contributed by atoms with Crippen molar-refractivity contribution in [2.45, 2.75) is 0 Å². The van der Waals surface area contributed by atoms with E-state index >= 15 is 0 Å². The van der Waals surface area contributed by atoms with Crippen LogP contribution >= 0.6 is 12.2 Å². The lowest BCUT2D eigenvalue weighted by Crippen LogP contribution is -1.92. The van der Waals surface area contributed by atoms with Crippen molar-refractivity contribution >= 4 is 23.1 Å². The summed E-state index contributed by atoms with van der Waals surface area (Å²) >= 11 is 4.38. The summed E-state index contributed by atoms with van der Waals surface area (Å²) in [4.78, 5) is 3.56. The van der Waals surface area contributed by atoms with Gasteiger partial charge in [0.2, 0.25) is 0 Å². The van der Waals surface area contributed by atoms with Gasteiger partial charge in [0.15, 0.2) is 0 Å². The number of thiocarbonyl (C=S) groups is 1. The molecular weight excluding hydrogens is 201 g/mol. The fraction of sp³-hybridized carbons (Fsp3) is 0.100. The lowest BCUT2D eigenvalue weighted by Gasteiger charge is -2.03. The van der Waals surface area contributed by atoms with E-state index in [4.69, 9.17) is 4.74 Å². The standard InChI is InChI=1S/C10H8FNOS/c1-2-5-13-8-3-4-9(11)10(6-8)12-7-14/h2-4,6H,1,5H2. The number of halogens is 1. The van der Waals surface area contributed by atoms with Crippen molar-refractivity contribution in [2.24, 2.45) is 4.99 Å². The third kappa shape index (κ3) is 2.76. The van der Waals surface area contributed by atoms with Gasteiger partial charge in [-0.2, -0.15) is 4.99 Å². The van der Waals surface area contributed by atoms with E-state index in [1.54, 1.807) is 6.08 Å². The number of hydrogen-bond acceptors (Lipinski definition) is 3. The van der Waals surface area contributed by atoms with Crippen LogP contribution in [-0.4, -0.2) is 11.8 Å². The largest absolute Gasteiger partial charge is 0.489 e. The van der Waals surface area contributed by atoms with E-state index in [2.05, 4.69) is 29.0 Å². The van der Waals surface area contributed by atoms with E-state index in [1.165, 1.54) is 18.2 Å². The molecule has 0 saturated heterocycles. The fourth-order valence-corrected chi connectivity index (χ4v) is 0.971. The summed E-state index contributed by atoms with van der Waals surface area (Å²) in [6.07, 6.45) is 1.60. The van der Waals surface area contributed by atoms with Gasteiger partial charge in [-0.1, -0.05) is 12.7 Å². The Kier molecular flexibility index (Phi) is 3.98. The minimum absolute atomic E-state index is 0.126. The summed E-state index contributed by atoms with van der Waals surface area (Å²) in [5, 5.41) is 2.10. The summed E-state index contributed by atoms with van der Waals surface area (Å²) in [5.74, 6) is 0.0728. The lowest BCUT2D eigenvalue weighted by molar-refractivity contribution is 0.362. The van der Waals surface area contributed by atoms with Crippen LogP contribution in [0.15, 0.2) is 35.8 Å². The summed E-state index contributed by atoms with van der Waals surface area (Å²) < 4.78 is 18.2. The van der Waals surface area contributed by atoms with E-state index in [9.17, 15) is 4.39 Å². The zero-order valence-electron chi connectivity index (χ0n) is 7.37. The number of aliphatic imine (C=N–C) groups is 1. The molecule has 0 heterocycles. The van der Waals surface area contributed by atoms with Crippen LogP contribution < -0.4 is 4.74 Å². The van der Waals surface area contributed by atoms with Crippen LogP contribution in [0.4, 0.5) is 10.1 Å². The Morgan fingerprint density at radius 3 is 3.07 bits per heavy atom. The normalized spacial score (nSPS) is 8.93. The third-order valence-corrected chi connectivity index (χ3v) is 1.54. The van der Waals surface area contributed by atoms with Crippen LogP contribution in [0.3, 0.4) is 0 Å². The van der Waals surface area contributed by atoms with E-state index in [0.29, 0.717) is 12.4 Å². The highest BCUT2D eigenvalue weighted by Gasteiger charge is 2.01. The Labute approximate surface area is 86.7 Å². The molecular formula is C10H8FNOS. The van der Waals surface area contributed by atoms with Crippen molar-refractivity contribution < 1.29 is 9.13 Å². The molecule has 0 unspecified atom stereocenters. The van der Waals surface area contributed by atoms with Crippen molar-refractivity contribution in [3.8, 4) is 5.75 Å². The highest BCUT2D eigenvalue weighted by molar-refractivity contribution is 7.78. The Morgan fingerprint density at radius 1 is 1.64 bits per heavy atom. The van der Waals surface area contributed by atoms with Gasteiger partial charge < -0.3 is 4.74 Å². The molecule has 2 nitrogen and oxygen atoms in total. The molecule has 0 saturated carbocycles. The monoisotopic (exact) mass is 209 g/mol. The van der Waals surface area contributed by atoms with Crippen LogP contribution in [0, 0.1) is 5.82 Å². The average molecular weight is 209 g/mol. The van der Waals surface area contributed by atoms with Crippen molar-refractivity contribution in [1.29, 1.82) is 0 Å². The Morgan fingerprint density at radius 2 is 2.43 bits per heavy atom. The number of isothiocyanates is 1. The lowest BCUT2D eigenvalue weighted by atomic mass is 10.3. The predicted molar refractivity (Wildman–Crippen MR) is 56.8 cm³/mol. The summed E-state index contributed by atoms with van der Waals surface area (Å²) in [7, 11) is 0. The molecule has 72 valence electrons. The molecule has 0 atom stereocenters. The van der Waals surface area contributed by atoms with Gasteiger partial charge in [0.05, 0.1) is 5.16 Å². The van der Waals surface area contributed by atoms with E-state index in [0.717, 1.165) is 0 Å². The van der Waals surface area contributed by atoms with E-state index in [-0.39, 0.29) is 5.69 Å². The highest BCUT2D eigenvalue weighted by atomic mass is 32.1. The van der Waals surface area contributed by atoms with Gasteiger partial charge in [-0.3, -0.25) is 0 Å². The van der Waals surface area contributed by atoms with Crippen molar-refractivity contribution in [3.63, 3.8) is 0 Å². The molecule has 0 amide bonds. The molecule has 0 spiro atoms.